The molecule has 0 unspecified atom stereocenters. The number of nitrogens with two attached hydrogens (primary N) is 1. The summed E-state index contributed by atoms with van der Waals surface area (Å²) in [5.74, 6) is 1.30. The number of sulfonamides is 1. The summed E-state index contributed by atoms with van der Waals surface area (Å²) in [6.45, 7) is 2.34. The van der Waals surface area contributed by atoms with E-state index in [-0.39, 0.29) is 35.7 Å². The van der Waals surface area contributed by atoms with Gasteiger partial charge in [-0.15, -0.1) is 0 Å². The molecular formula is C19H30N4O4S. The second-order valence-electron chi connectivity index (χ2n) is 8.76. The van der Waals surface area contributed by atoms with Crippen LogP contribution in [0.5, 0.6) is 0 Å². The van der Waals surface area contributed by atoms with Gasteiger partial charge >= 0.3 is 0 Å². The number of piperidine rings is 1. The van der Waals surface area contributed by atoms with Crippen molar-refractivity contribution in [3.05, 3.63) is 17.5 Å². The van der Waals surface area contributed by atoms with Crippen molar-refractivity contribution in [1.82, 2.24) is 14.8 Å². The molecule has 1 saturated heterocycles. The van der Waals surface area contributed by atoms with Gasteiger partial charge in [-0.05, 0) is 57.8 Å². The van der Waals surface area contributed by atoms with Crippen LogP contribution in [0, 0.1) is 5.92 Å². The maximum absolute atomic E-state index is 12.9. The molecule has 0 radical (unpaired) electrons. The minimum absolute atomic E-state index is 0.0603. The summed E-state index contributed by atoms with van der Waals surface area (Å²) in [5.41, 5.74) is 6.23. The number of carbonyl (C=O) groups is 1. The van der Waals surface area contributed by atoms with Gasteiger partial charge in [0.25, 0.3) is 5.91 Å². The van der Waals surface area contributed by atoms with Gasteiger partial charge in [0.2, 0.25) is 10.0 Å². The fourth-order valence-corrected chi connectivity index (χ4v) is 6.68. The zero-order valence-corrected chi connectivity index (χ0v) is 17.2. The molecule has 1 amide bonds. The zero-order chi connectivity index (χ0) is 19.9. The van der Waals surface area contributed by atoms with E-state index in [1.54, 1.807) is 10.4 Å². The van der Waals surface area contributed by atoms with Crippen LogP contribution in [-0.2, 0) is 10.0 Å². The highest BCUT2D eigenvalue weighted by Gasteiger charge is 2.37. The lowest BCUT2D eigenvalue weighted by Crippen LogP contribution is -2.51. The highest BCUT2D eigenvalue weighted by atomic mass is 32.2. The third kappa shape index (κ3) is 4.41. The molecule has 4 rings (SSSR count). The molecule has 3 aliphatic rings. The topological polar surface area (TPSA) is 119 Å². The van der Waals surface area contributed by atoms with Gasteiger partial charge in [0.1, 0.15) is 5.76 Å². The van der Waals surface area contributed by atoms with Gasteiger partial charge in [-0.2, -0.15) is 4.31 Å². The van der Waals surface area contributed by atoms with Crippen LogP contribution in [-0.4, -0.2) is 54.2 Å². The zero-order valence-electron chi connectivity index (χ0n) is 16.3. The third-order valence-corrected chi connectivity index (χ3v) is 8.43. The Bertz CT molecular complexity index is 820. The molecule has 2 heterocycles. The summed E-state index contributed by atoms with van der Waals surface area (Å²) in [6, 6.07) is 1.66. The summed E-state index contributed by atoms with van der Waals surface area (Å²) in [4.78, 5) is 12.4. The van der Waals surface area contributed by atoms with Crippen molar-refractivity contribution < 1.29 is 17.7 Å². The Morgan fingerprint density at radius 3 is 2.71 bits per heavy atom. The molecule has 2 aliphatic carbocycles. The van der Waals surface area contributed by atoms with Crippen molar-refractivity contribution in [2.45, 2.75) is 75.9 Å². The second-order valence-corrected chi connectivity index (χ2v) is 10.7. The molecule has 8 nitrogen and oxygen atoms in total. The van der Waals surface area contributed by atoms with Crippen LogP contribution in [0.3, 0.4) is 0 Å². The Morgan fingerprint density at radius 2 is 2.07 bits per heavy atom. The highest BCUT2D eigenvalue weighted by molar-refractivity contribution is 7.89. The van der Waals surface area contributed by atoms with Crippen molar-refractivity contribution in [2.24, 2.45) is 11.7 Å². The maximum Gasteiger partial charge on any atom is 0.273 e. The molecule has 3 N–H and O–H groups in total. The average molecular weight is 411 g/mol. The van der Waals surface area contributed by atoms with Gasteiger partial charge in [0, 0.05) is 36.7 Å². The first-order valence-corrected chi connectivity index (χ1v) is 12.0. The minimum Gasteiger partial charge on any atom is -0.360 e. The van der Waals surface area contributed by atoms with E-state index in [4.69, 9.17) is 10.3 Å². The van der Waals surface area contributed by atoms with Crippen molar-refractivity contribution >= 4 is 15.9 Å². The number of rotatable bonds is 6. The van der Waals surface area contributed by atoms with E-state index in [0.717, 1.165) is 37.9 Å². The van der Waals surface area contributed by atoms with Crippen molar-refractivity contribution in [3.8, 4) is 0 Å². The Kier molecular flexibility index (Phi) is 5.50. The van der Waals surface area contributed by atoms with Crippen LogP contribution < -0.4 is 11.1 Å². The van der Waals surface area contributed by atoms with E-state index in [1.165, 1.54) is 0 Å². The first-order valence-electron chi connectivity index (χ1n) is 10.3. The van der Waals surface area contributed by atoms with Gasteiger partial charge in [0.15, 0.2) is 5.69 Å². The molecule has 0 bridgehead atoms. The quantitative estimate of drug-likeness (QED) is 0.735. The van der Waals surface area contributed by atoms with E-state index < -0.39 is 10.0 Å². The highest BCUT2D eigenvalue weighted by Crippen LogP contribution is 2.40. The molecule has 2 saturated carbocycles. The Morgan fingerprint density at radius 1 is 1.29 bits per heavy atom. The minimum atomic E-state index is -3.30. The van der Waals surface area contributed by atoms with Gasteiger partial charge < -0.3 is 15.6 Å². The van der Waals surface area contributed by atoms with Crippen LogP contribution in [0.4, 0.5) is 0 Å². The Balaban J connectivity index is 1.31. The maximum atomic E-state index is 12.9. The molecule has 4 atom stereocenters. The van der Waals surface area contributed by atoms with Crippen LogP contribution in [0.25, 0.3) is 0 Å². The lowest BCUT2D eigenvalue weighted by Gasteiger charge is -2.37. The van der Waals surface area contributed by atoms with Crippen LogP contribution in [0.2, 0.25) is 0 Å². The van der Waals surface area contributed by atoms with E-state index in [2.05, 4.69) is 10.5 Å². The van der Waals surface area contributed by atoms with Crippen LogP contribution >= 0.6 is 0 Å². The van der Waals surface area contributed by atoms with Crippen molar-refractivity contribution in [2.75, 3.05) is 12.3 Å². The number of hydrogen-bond acceptors (Lipinski definition) is 6. The molecule has 156 valence electrons. The van der Waals surface area contributed by atoms with Gasteiger partial charge in [0.05, 0.1) is 5.75 Å². The number of carbonyl (C=O) groups excluding carboxylic acids is 1. The van der Waals surface area contributed by atoms with Gasteiger partial charge in [-0.1, -0.05) is 5.16 Å². The van der Waals surface area contributed by atoms with E-state index >= 15 is 0 Å². The fraction of sp³-hybridized carbons (Fsp3) is 0.789. The normalized spacial score (nSPS) is 31.8. The van der Waals surface area contributed by atoms with Crippen molar-refractivity contribution in [1.29, 1.82) is 0 Å². The first-order chi connectivity index (χ1) is 13.3. The monoisotopic (exact) mass is 410 g/mol. The third-order valence-electron chi connectivity index (χ3n) is 6.28. The number of aromatic nitrogens is 1. The predicted octanol–water partition coefficient (Wildman–Crippen LogP) is 1.59. The van der Waals surface area contributed by atoms with E-state index in [9.17, 15) is 13.2 Å². The Hall–Kier alpha value is -1.45. The number of hydrogen-bond donors (Lipinski definition) is 2. The summed E-state index contributed by atoms with van der Waals surface area (Å²) < 4.78 is 32.6. The van der Waals surface area contributed by atoms with Gasteiger partial charge in [-0.3, -0.25) is 4.79 Å². The smallest absolute Gasteiger partial charge is 0.273 e. The molecule has 9 heteroatoms. The Labute approximate surface area is 166 Å². The number of nitrogens with zero attached hydrogens (tertiary/aromatic N) is 2. The van der Waals surface area contributed by atoms with Crippen molar-refractivity contribution in [3.63, 3.8) is 0 Å². The standard InChI is InChI=1S/C19H30N4O4S/c1-12-8-16(21-19(24)17-10-18(27-22-17)14-3-4-14)6-7-23(12)28(25,26)11-13-2-5-15(20)9-13/h10,12-16H,2-9,11,20H2,1H3,(H,21,24)/t12-,13-,15-,16-/m0/s1. The summed E-state index contributed by atoms with van der Waals surface area (Å²) in [6.07, 6.45) is 5.98. The van der Waals surface area contributed by atoms with E-state index in [0.29, 0.717) is 31.0 Å². The average Bonchev–Trinajstić information content (AvgIpc) is 3.21. The number of amides is 1. The SMILES string of the molecule is C[C@H]1C[C@@H](NC(=O)c2cc(C3CC3)on2)CCN1S(=O)(=O)C[C@H]1CC[C@H](N)C1. The number of nitrogens with one attached hydrogen (secondary N) is 1. The first kappa shape index (κ1) is 19.8. The van der Waals surface area contributed by atoms with Crippen LogP contribution in [0.15, 0.2) is 10.6 Å². The fourth-order valence-electron chi connectivity index (χ4n) is 4.57. The molecular weight excluding hydrogens is 380 g/mol. The predicted molar refractivity (Wildman–Crippen MR) is 104 cm³/mol. The van der Waals surface area contributed by atoms with Gasteiger partial charge in [-0.25, -0.2) is 8.42 Å². The summed E-state index contributed by atoms with van der Waals surface area (Å²) in [5, 5.41) is 6.87. The summed E-state index contributed by atoms with van der Waals surface area (Å²) >= 11 is 0. The molecule has 0 spiro atoms. The largest absolute Gasteiger partial charge is 0.360 e. The molecule has 28 heavy (non-hydrogen) atoms. The second kappa shape index (κ2) is 7.76. The molecule has 0 aromatic carbocycles. The van der Waals surface area contributed by atoms with Crippen LogP contribution in [0.1, 0.15) is 74.0 Å². The molecule has 3 fully saturated rings. The lowest BCUT2D eigenvalue weighted by molar-refractivity contribution is 0.0905. The molecule has 1 aromatic rings. The lowest BCUT2D eigenvalue weighted by atomic mass is 10.0. The molecule has 1 aromatic heterocycles. The molecule has 1 aliphatic heterocycles. The van der Waals surface area contributed by atoms with E-state index in [1.807, 2.05) is 6.92 Å². The summed E-state index contributed by atoms with van der Waals surface area (Å²) in [7, 11) is -3.30.